The van der Waals surface area contributed by atoms with Crippen LogP contribution in [0.5, 0.6) is 0 Å². The van der Waals surface area contributed by atoms with Crippen LogP contribution in [-0.4, -0.2) is 59.6 Å². The molecule has 1 N–H and O–H groups in total. The minimum atomic E-state index is -0.706. The highest BCUT2D eigenvalue weighted by atomic mass is 16.4. The van der Waals surface area contributed by atoms with Crippen LogP contribution in [0, 0.1) is 0 Å². The number of unbranched alkanes of at least 4 members (excludes halogenated alkanes) is 4. The molecule has 4 nitrogen and oxygen atoms in total. The Morgan fingerprint density at radius 2 is 1.85 bits per heavy atom. The van der Waals surface area contributed by atoms with Crippen molar-refractivity contribution in [3.8, 4) is 0 Å². The molecule has 1 atom stereocenters. The van der Waals surface area contributed by atoms with Gasteiger partial charge < -0.3 is 5.11 Å². The lowest BCUT2D eigenvalue weighted by Gasteiger charge is -2.27. The van der Waals surface area contributed by atoms with Crippen LogP contribution in [-0.2, 0) is 4.79 Å². The molecule has 1 aliphatic heterocycles. The fourth-order valence-electron chi connectivity index (χ4n) is 3.01. The number of rotatable bonds is 9. The lowest BCUT2D eigenvalue weighted by Crippen LogP contribution is -2.37. The van der Waals surface area contributed by atoms with Crippen LogP contribution in [0.1, 0.15) is 58.8 Å². The molecule has 0 aromatic carbocycles. The van der Waals surface area contributed by atoms with Gasteiger partial charge in [-0.3, -0.25) is 14.6 Å². The zero-order chi connectivity index (χ0) is 14.8. The summed E-state index contributed by atoms with van der Waals surface area (Å²) in [5.74, 6) is -0.706. The number of hydrogen-bond acceptors (Lipinski definition) is 3. The highest BCUT2D eigenvalue weighted by molar-refractivity contribution is 5.69. The van der Waals surface area contributed by atoms with Crippen molar-refractivity contribution in [2.24, 2.45) is 0 Å². The van der Waals surface area contributed by atoms with Crippen molar-refractivity contribution in [3.63, 3.8) is 0 Å². The maximum atomic E-state index is 10.8. The van der Waals surface area contributed by atoms with Gasteiger partial charge in [-0.15, -0.1) is 0 Å². The van der Waals surface area contributed by atoms with Gasteiger partial charge in [0.1, 0.15) is 0 Å². The lowest BCUT2D eigenvalue weighted by atomic mass is 10.1. The average molecular weight is 284 g/mol. The van der Waals surface area contributed by atoms with Crippen molar-refractivity contribution in [2.45, 2.75) is 64.8 Å². The maximum absolute atomic E-state index is 10.8. The molecule has 1 saturated heterocycles. The number of aliphatic carboxylic acids is 1. The van der Waals surface area contributed by atoms with Gasteiger partial charge in [-0.25, -0.2) is 0 Å². The largest absolute Gasteiger partial charge is 0.480 e. The predicted molar refractivity (Wildman–Crippen MR) is 83.1 cm³/mol. The van der Waals surface area contributed by atoms with E-state index in [-0.39, 0.29) is 6.54 Å². The second kappa shape index (κ2) is 10.2. The highest BCUT2D eigenvalue weighted by Crippen LogP contribution is 2.14. The molecule has 1 fully saturated rings. The molecule has 1 unspecified atom stereocenters. The van der Waals surface area contributed by atoms with Gasteiger partial charge in [0.25, 0.3) is 0 Å². The van der Waals surface area contributed by atoms with Gasteiger partial charge >= 0.3 is 5.97 Å². The summed E-state index contributed by atoms with van der Waals surface area (Å²) >= 11 is 0. The minimum Gasteiger partial charge on any atom is -0.480 e. The van der Waals surface area contributed by atoms with Gasteiger partial charge in [-0.2, -0.15) is 0 Å². The Labute approximate surface area is 124 Å². The van der Waals surface area contributed by atoms with Gasteiger partial charge in [0, 0.05) is 25.7 Å². The molecule has 4 heteroatoms. The molecule has 1 rings (SSSR count). The maximum Gasteiger partial charge on any atom is 0.317 e. The summed E-state index contributed by atoms with van der Waals surface area (Å²) in [6.07, 6.45) is 9.10. The summed E-state index contributed by atoms with van der Waals surface area (Å²) in [7, 11) is 0. The lowest BCUT2D eigenvalue weighted by molar-refractivity contribution is -0.138. The SMILES string of the molecule is CCCCCCCC(C)N1CCCN(CC(=O)O)CC1. The molecular weight excluding hydrogens is 252 g/mol. The third-order valence-electron chi connectivity index (χ3n) is 4.33. The Hall–Kier alpha value is -0.610. The summed E-state index contributed by atoms with van der Waals surface area (Å²) in [4.78, 5) is 15.4. The number of carbonyl (C=O) groups is 1. The first-order chi connectivity index (χ1) is 9.63. The number of carboxylic acid groups (broad SMARTS) is 1. The van der Waals surface area contributed by atoms with Crippen LogP contribution >= 0.6 is 0 Å². The monoisotopic (exact) mass is 284 g/mol. The first-order valence-corrected chi connectivity index (χ1v) is 8.31. The van der Waals surface area contributed by atoms with Crippen molar-refractivity contribution >= 4 is 5.97 Å². The fourth-order valence-corrected chi connectivity index (χ4v) is 3.01. The Morgan fingerprint density at radius 1 is 1.10 bits per heavy atom. The second-order valence-electron chi connectivity index (χ2n) is 6.11. The van der Waals surface area contributed by atoms with E-state index in [0.717, 1.165) is 32.6 Å². The van der Waals surface area contributed by atoms with Gasteiger partial charge in [-0.1, -0.05) is 39.0 Å². The van der Waals surface area contributed by atoms with Crippen molar-refractivity contribution in [1.29, 1.82) is 0 Å². The van der Waals surface area contributed by atoms with Gasteiger partial charge in [-0.05, 0) is 26.3 Å². The van der Waals surface area contributed by atoms with E-state index in [1.807, 2.05) is 0 Å². The number of hydrogen-bond donors (Lipinski definition) is 1. The standard InChI is InChI=1S/C16H32N2O2/c1-3-4-5-6-7-9-15(2)18-11-8-10-17(12-13-18)14-16(19)20/h15H,3-14H2,1-2H3,(H,19,20). The third kappa shape index (κ3) is 7.25. The third-order valence-corrected chi connectivity index (χ3v) is 4.33. The molecule has 0 saturated carbocycles. The highest BCUT2D eigenvalue weighted by Gasteiger charge is 2.19. The Bertz CT molecular complexity index is 271. The van der Waals surface area contributed by atoms with E-state index in [2.05, 4.69) is 23.6 Å². The zero-order valence-corrected chi connectivity index (χ0v) is 13.3. The van der Waals surface area contributed by atoms with E-state index < -0.39 is 5.97 Å². The molecule has 0 aromatic rings. The number of nitrogens with zero attached hydrogens (tertiary/aromatic N) is 2. The molecule has 0 bridgehead atoms. The van der Waals surface area contributed by atoms with Crippen LogP contribution in [0.25, 0.3) is 0 Å². The molecule has 1 heterocycles. The van der Waals surface area contributed by atoms with Crippen molar-refractivity contribution < 1.29 is 9.90 Å². The van der Waals surface area contributed by atoms with Gasteiger partial charge in [0.2, 0.25) is 0 Å². The quantitative estimate of drug-likeness (QED) is 0.661. The fraction of sp³-hybridized carbons (Fsp3) is 0.938. The van der Waals surface area contributed by atoms with Crippen LogP contribution in [0.15, 0.2) is 0 Å². The molecule has 0 aromatic heterocycles. The van der Waals surface area contributed by atoms with Crippen molar-refractivity contribution in [2.75, 3.05) is 32.7 Å². The Kier molecular flexibility index (Phi) is 8.86. The summed E-state index contributed by atoms with van der Waals surface area (Å²) in [5.41, 5.74) is 0. The average Bonchev–Trinajstić information content (AvgIpc) is 2.63. The van der Waals surface area contributed by atoms with E-state index in [9.17, 15) is 4.79 Å². The smallest absolute Gasteiger partial charge is 0.317 e. The molecular formula is C16H32N2O2. The molecule has 0 aliphatic carbocycles. The molecule has 0 radical (unpaired) electrons. The zero-order valence-electron chi connectivity index (χ0n) is 13.3. The van der Waals surface area contributed by atoms with E-state index >= 15 is 0 Å². The summed E-state index contributed by atoms with van der Waals surface area (Å²) < 4.78 is 0. The molecule has 20 heavy (non-hydrogen) atoms. The van der Waals surface area contributed by atoms with Crippen molar-refractivity contribution in [3.05, 3.63) is 0 Å². The van der Waals surface area contributed by atoms with Crippen molar-refractivity contribution in [1.82, 2.24) is 9.80 Å². The summed E-state index contributed by atoms with van der Waals surface area (Å²) in [5, 5.41) is 8.86. The molecule has 0 spiro atoms. The minimum absolute atomic E-state index is 0.194. The Balaban J connectivity index is 2.20. The normalized spacial score (nSPS) is 19.7. The van der Waals surface area contributed by atoms with E-state index in [1.165, 1.54) is 38.5 Å². The first-order valence-electron chi connectivity index (χ1n) is 8.31. The summed E-state index contributed by atoms with van der Waals surface area (Å²) in [6, 6.07) is 0.640. The van der Waals surface area contributed by atoms with E-state index in [0.29, 0.717) is 6.04 Å². The van der Waals surface area contributed by atoms with Crippen LogP contribution in [0.2, 0.25) is 0 Å². The molecule has 1 aliphatic rings. The molecule has 0 amide bonds. The van der Waals surface area contributed by atoms with Crippen LogP contribution in [0.4, 0.5) is 0 Å². The van der Waals surface area contributed by atoms with Gasteiger partial charge in [0.15, 0.2) is 0 Å². The summed E-state index contributed by atoms with van der Waals surface area (Å²) in [6.45, 7) is 8.72. The Morgan fingerprint density at radius 3 is 2.55 bits per heavy atom. The van der Waals surface area contributed by atoms with Crippen LogP contribution < -0.4 is 0 Å². The second-order valence-corrected chi connectivity index (χ2v) is 6.11. The van der Waals surface area contributed by atoms with Crippen LogP contribution in [0.3, 0.4) is 0 Å². The van der Waals surface area contributed by atoms with E-state index in [4.69, 9.17) is 5.11 Å². The number of carboxylic acids is 1. The topological polar surface area (TPSA) is 43.8 Å². The predicted octanol–water partition coefficient (Wildman–Crippen LogP) is 2.83. The van der Waals surface area contributed by atoms with Gasteiger partial charge in [0.05, 0.1) is 6.54 Å². The first kappa shape index (κ1) is 17.4. The van der Waals surface area contributed by atoms with E-state index in [1.54, 1.807) is 0 Å². The molecule has 118 valence electrons.